The summed E-state index contributed by atoms with van der Waals surface area (Å²) in [6, 6.07) is 20.2. The number of carbonyl (C=O) groups is 2. The number of carbonyl (C=O) groups excluding carboxylic acids is 2. The smallest absolute Gasteiger partial charge is 0.295 e. The number of likely N-dealkylation sites (tertiary alicyclic amines) is 1. The molecule has 4 rings (SSSR count). The Morgan fingerprint density at radius 2 is 1.56 bits per heavy atom. The van der Waals surface area contributed by atoms with E-state index in [9.17, 15) is 14.7 Å². The number of hydrogen-bond donors (Lipinski definition) is 1. The third-order valence-corrected chi connectivity index (χ3v) is 5.93. The van der Waals surface area contributed by atoms with Crippen molar-refractivity contribution < 1.29 is 24.2 Å². The van der Waals surface area contributed by atoms with Gasteiger partial charge in [0.05, 0.1) is 25.3 Å². The molecule has 0 saturated carbocycles. The summed E-state index contributed by atoms with van der Waals surface area (Å²) in [6.07, 6.45) is 0. The van der Waals surface area contributed by atoms with Crippen LogP contribution in [0.25, 0.3) is 5.76 Å². The fraction of sp³-hybridized carbons (Fsp3) is 0.185. The van der Waals surface area contributed by atoms with Crippen LogP contribution in [-0.2, 0) is 16.1 Å². The van der Waals surface area contributed by atoms with Gasteiger partial charge in [0.2, 0.25) is 0 Å². The van der Waals surface area contributed by atoms with E-state index < -0.39 is 17.7 Å². The van der Waals surface area contributed by atoms with E-state index in [0.717, 1.165) is 11.3 Å². The Bertz CT molecular complexity index is 1220. The van der Waals surface area contributed by atoms with E-state index in [-0.39, 0.29) is 17.9 Å². The van der Waals surface area contributed by atoms with Crippen LogP contribution in [0.2, 0.25) is 5.02 Å². The lowest BCUT2D eigenvalue weighted by Crippen LogP contribution is -2.29. The fourth-order valence-corrected chi connectivity index (χ4v) is 4.12. The van der Waals surface area contributed by atoms with Gasteiger partial charge in [-0.05, 0) is 66.6 Å². The first-order valence-corrected chi connectivity index (χ1v) is 11.2. The highest BCUT2D eigenvalue weighted by atomic mass is 35.5. The van der Waals surface area contributed by atoms with Gasteiger partial charge in [0.25, 0.3) is 11.7 Å². The second kappa shape index (κ2) is 10.0. The molecule has 34 heavy (non-hydrogen) atoms. The van der Waals surface area contributed by atoms with Gasteiger partial charge in [-0.25, -0.2) is 0 Å². The van der Waals surface area contributed by atoms with Gasteiger partial charge in [-0.3, -0.25) is 9.59 Å². The largest absolute Gasteiger partial charge is 0.507 e. The molecule has 1 aliphatic rings. The van der Waals surface area contributed by atoms with Crippen LogP contribution < -0.4 is 9.47 Å². The molecule has 0 spiro atoms. The molecule has 174 valence electrons. The number of hydrogen-bond acceptors (Lipinski definition) is 5. The third-order valence-electron chi connectivity index (χ3n) is 5.68. The maximum atomic E-state index is 13.2. The minimum Gasteiger partial charge on any atom is -0.507 e. The summed E-state index contributed by atoms with van der Waals surface area (Å²) in [5, 5.41) is 11.6. The van der Waals surface area contributed by atoms with Crippen molar-refractivity contribution in [2.45, 2.75) is 19.5 Å². The Morgan fingerprint density at radius 1 is 0.941 bits per heavy atom. The highest BCUT2D eigenvalue weighted by Crippen LogP contribution is 2.40. The lowest BCUT2D eigenvalue weighted by atomic mass is 9.95. The molecular weight excluding hydrogens is 454 g/mol. The molecule has 3 aromatic carbocycles. The molecule has 6 nitrogen and oxygen atoms in total. The molecule has 0 bridgehead atoms. The van der Waals surface area contributed by atoms with Crippen molar-refractivity contribution in [3.63, 3.8) is 0 Å². The van der Waals surface area contributed by atoms with Gasteiger partial charge in [-0.2, -0.15) is 0 Å². The number of ketones is 1. The Balaban J connectivity index is 1.78. The summed E-state index contributed by atoms with van der Waals surface area (Å²) in [5.74, 6) is -0.290. The minimum atomic E-state index is -0.770. The van der Waals surface area contributed by atoms with Gasteiger partial charge in [0.15, 0.2) is 0 Å². The number of Topliss-reactive ketones (excluding diaryl/α,β-unsaturated/α-hetero) is 1. The predicted molar refractivity (Wildman–Crippen MR) is 130 cm³/mol. The zero-order chi connectivity index (χ0) is 24.2. The predicted octanol–water partition coefficient (Wildman–Crippen LogP) is 5.37. The summed E-state index contributed by atoms with van der Waals surface area (Å²) in [7, 11) is 1.56. The molecule has 0 radical (unpaired) electrons. The van der Waals surface area contributed by atoms with Crippen LogP contribution in [0.15, 0.2) is 78.4 Å². The van der Waals surface area contributed by atoms with Gasteiger partial charge < -0.3 is 19.5 Å². The van der Waals surface area contributed by atoms with Gasteiger partial charge in [-0.1, -0.05) is 35.9 Å². The molecular formula is C27H24ClNO5. The number of rotatable bonds is 7. The van der Waals surface area contributed by atoms with Gasteiger partial charge >= 0.3 is 0 Å². The maximum absolute atomic E-state index is 13.2. The minimum absolute atomic E-state index is 0.0309. The van der Waals surface area contributed by atoms with E-state index >= 15 is 0 Å². The molecule has 1 saturated heterocycles. The monoisotopic (exact) mass is 477 g/mol. The molecule has 0 aliphatic carbocycles. The lowest BCUT2D eigenvalue weighted by Gasteiger charge is -2.25. The highest BCUT2D eigenvalue weighted by molar-refractivity contribution is 6.46. The zero-order valence-corrected chi connectivity index (χ0v) is 19.6. The molecule has 1 heterocycles. The molecule has 1 unspecified atom stereocenters. The Hall–Kier alpha value is -3.77. The number of amides is 1. The van der Waals surface area contributed by atoms with Crippen molar-refractivity contribution in [2.24, 2.45) is 0 Å². The van der Waals surface area contributed by atoms with E-state index in [0.29, 0.717) is 28.5 Å². The van der Waals surface area contributed by atoms with Crippen LogP contribution in [0.1, 0.15) is 29.7 Å². The number of ether oxygens (including phenoxy) is 2. The molecule has 1 N–H and O–H groups in total. The second-order valence-corrected chi connectivity index (χ2v) is 8.22. The average Bonchev–Trinajstić information content (AvgIpc) is 3.10. The topological polar surface area (TPSA) is 76.1 Å². The number of nitrogens with zero attached hydrogens (tertiary/aromatic N) is 1. The summed E-state index contributed by atoms with van der Waals surface area (Å²) in [6.45, 7) is 2.64. The van der Waals surface area contributed by atoms with Crippen molar-refractivity contribution in [3.8, 4) is 11.5 Å². The molecule has 1 amide bonds. The standard InChI is InChI=1S/C27H24ClNO5/c1-3-34-22-12-4-17(5-13-22)16-29-24(18-8-14-21(33-2)15-9-18)23(26(31)27(29)32)25(30)19-6-10-20(28)11-7-19/h4-15,24,30H,3,16H2,1-2H3/b25-23-. The molecule has 1 atom stereocenters. The third kappa shape index (κ3) is 4.63. The number of halogens is 1. The van der Waals surface area contributed by atoms with E-state index in [2.05, 4.69) is 0 Å². The van der Waals surface area contributed by atoms with Crippen LogP contribution in [0, 0.1) is 0 Å². The summed E-state index contributed by atoms with van der Waals surface area (Å²) in [5.41, 5.74) is 1.95. The SMILES string of the molecule is CCOc1ccc(CN2C(=O)C(=O)/C(=C(\O)c3ccc(Cl)cc3)C2c2ccc(OC)cc2)cc1. The molecule has 1 aliphatic heterocycles. The highest BCUT2D eigenvalue weighted by Gasteiger charge is 2.46. The molecule has 1 fully saturated rings. The number of benzene rings is 3. The van der Waals surface area contributed by atoms with Crippen LogP contribution >= 0.6 is 11.6 Å². The van der Waals surface area contributed by atoms with Gasteiger partial charge in [0.1, 0.15) is 17.3 Å². The number of aliphatic hydroxyl groups is 1. The van der Waals surface area contributed by atoms with Crippen LogP contribution in [0.4, 0.5) is 0 Å². The van der Waals surface area contributed by atoms with Crippen molar-refractivity contribution in [1.29, 1.82) is 0 Å². The second-order valence-electron chi connectivity index (χ2n) is 7.78. The first-order valence-electron chi connectivity index (χ1n) is 10.8. The lowest BCUT2D eigenvalue weighted by molar-refractivity contribution is -0.140. The van der Waals surface area contributed by atoms with E-state index in [1.54, 1.807) is 55.6 Å². The van der Waals surface area contributed by atoms with Crippen LogP contribution in [-0.4, -0.2) is 35.4 Å². The maximum Gasteiger partial charge on any atom is 0.295 e. The Labute approximate surface area is 203 Å². The van der Waals surface area contributed by atoms with E-state index in [1.165, 1.54) is 4.90 Å². The fourth-order valence-electron chi connectivity index (χ4n) is 3.99. The summed E-state index contributed by atoms with van der Waals surface area (Å²) < 4.78 is 10.7. The van der Waals surface area contributed by atoms with Gasteiger partial charge in [-0.15, -0.1) is 0 Å². The Kier molecular flexibility index (Phi) is 6.89. The van der Waals surface area contributed by atoms with E-state index in [1.807, 2.05) is 31.2 Å². The average molecular weight is 478 g/mol. The summed E-state index contributed by atoms with van der Waals surface area (Å²) in [4.78, 5) is 27.8. The van der Waals surface area contributed by atoms with Crippen molar-refractivity contribution in [3.05, 3.63) is 100 Å². The molecule has 7 heteroatoms. The first kappa shape index (κ1) is 23.4. The molecule has 3 aromatic rings. The van der Waals surface area contributed by atoms with Crippen molar-refractivity contribution in [1.82, 2.24) is 4.90 Å². The number of aliphatic hydroxyl groups excluding tert-OH is 1. The van der Waals surface area contributed by atoms with Crippen molar-refractivity contribution >= 4 is 29.1 Å². The van der Waals surface area contributed by atoms with E-state index in [4.69, 9.17) is 21.1 Å². The molecule has 0 aromatic heterocycles. The normalized spacial score (nSPS) is 17.1. The summed E-state index contributed by atoms with van der Waals surface area (Å²) >= 11 is 5.98. The zero-order valence-electron chi connectivity index (χ0n) is 18.8. The quantitative estimate of drug-likeness (QED) is 0.281. The Morgan fingerprint density at radius 3 is 2.15 bits per heavy atom. The first-order chi connectivity index (χ1) is 16.4. The van der Waals surface area contributed by atoms with Crippen molar-refractivity contribution in [2.75, 3.05) is 13.7 Å². The van der Waals surface area contributed by atoms with Crippen LogP contribution in [0.3, 0.4) is 0 Å². The van der Waals surface area contributed by atoms with Crippen LogP contribution in [0.5, 0.6) is 11.5 Å². The number of methoxy groups -OCH3 is 1. The van der Waals surface area contributed by atoms with Gasteiger partial charge in [0, 0.05) is 17.1 Å².